The molecule has 0 aromatic heterocycles. The SMILES string of the molecule is CC[C@H](C)c1ccc(N)c(O)c1. The van der Waals surface area contributed by atoms with E-state index in [4.69, 9.17) is 5.73 Å². The van der Waals surface area contributed by atoms with E-state index in [-0.39, 0.29) is 5.75 Å². The summed E-state index contributed by atoms with van der Waals surface area (Å²) in [6.45, 7) is 4.25. The Kier molecular flexibility index (Phi) is 2.58. The Morgan fingerprint density at radius 3 is 2.67 bits per heavy atom. The summed E-state index contributed by atoms with van der Waals surface area (Å²) in [6, 6.07) is 5.45. The monoisotopic (exact) mass is 165 g/mol. The van der Waals surface area contributed by atoms with Crippen LogP contribution in [0, 0.1) is 0 Å². The van der Waals surface area contributed by atoms with Gasteiger partial charge in [0, 0.05) is 0 Å². The van der Waals surface area contributed by atoms with Gasteiger partial charge in [-0.2, -0.15) is 0 Å². The molecule has 0 amide bonds. The maximum atomic E-state index is 9.32. The molecule has 66 valence electrons. The predicted molar refractivity (Wildman–Crippen MR) is 51.2 cm³/mol. The third kappa shape index (κ3) is 1.70. The van der Waals surface area contributed by atoms with E-state index in [1.165, 1.54) is 0 Å². The van der Waals surface area contributed by atoms with Crippen LogP contribution in [0.3, 0.4) is 0 Å². The van der Waals surface area contributed by atoms with E-state index in [1.807, 2.05) is 6.07 Å². The molecule has 1 aromatic rings. The maximum absolute atomic E-state index is 9.32. The van der Waals surface area contributed by atoms with Crippen LogP contribution in [0.15, 0.2) is 18.2 Å². The first-order chi connectivity index (χ1) is 5.65. The van der Waals surface area contributed by atoms with Crippen LogP contribution in [0.5, 0.6) is 5.75 Å². The van der Waals surface area contributed by atoms with Gasteiger partial charge in [-0.3, -0.25) is 0 Å². The fourth-order valence-corrected chi connectivity index (χ4v) is 1.10. The number of hydrogen-bond acceptors (Lipinski definition) is 2. The highest BCUT2D eigenvalue weighted by Gasteiger charge is 2.04. The zero-order valence-corrected chi connectivity index (χ0v) is 7.54. The van der Waals surface area contributed by atoms with Crippen molar-refractivity contribution in [2.24, 2.45) is 0 Å². The Labute approximate surface area is 73.0 Å². The molecule has 0 heterocycles. The molecular formula is C10H15NO. The lowest BCUT2D eigenvalue weighted by molar-refractivity contribution is 0.476. The molecule has 0 saturated carbocycles. The van der Waals surface area contributed by atoms with E-state index >= 15 is 0 Å². The number of anilines is 1. The van der Waals surface area contributed by atoms with E-state index < -0.39 is 0 Å². The number of rotatable bonds is 2. The first kappa shape index (κ1) is 8.91. The zero-order chi connectivity index (χ0) is 9.14. The van der Waals surface area contributed by atoms with E-state index in [2.05, 4.69) is 13.8 Å². The Morgan fingerprint density at radius 1 is 1.50 bits per heavy atom. The molecule has 0 aliphatic rings. The summed E-state index contributed by atoms with van der Waals surface area (Å²) in [4.78, 5) is 0. The highest BCUT2D eigenvalue weighted by Crippen LogP contribution is 2.26. The molecule has 0 unspecified atom stereocenters. The highest BCUT2D eigenvalue weighted by atomic mass is 16.3. The third-order valence-corrected chi connectivity index (χ3v) is 2.24. The Hall–Kier alpha value is -1.18. The minimum Gasteiger partial charge on any atom is -0.506 e. The summed E-state index contributed by atoms with van der Waals surface area (Å²) < 4.78 is 0. The number of phenolic OH excluding ortho intramolecular Hbond substituents is 1. The Bertz CT molecular complexity index is 271. The fraction of sp³-hybridized carbons (Fsp3) is 0.400. The van der Waals surface area contributed by atoms with Crippen molar-refractivity contribution in [1.82, 2.24) is 0 Å². The molecule has 1 atom stereocenters. The zero-order valence-electron chi connectivity index (χ0n) is 7.54. The van der Waals surface area contributed by atoms with Crippen LogP contribution >= 0.6 is 0 Å². The minimum absolute atomic E-state index is 0.188. The summed E-state index contributed by atoms with van der Waals surface area (Å²) in [5.41, 5.74) is 7.07. The lowest BCUT2D eigenvalue weighted by Gasteiger charge is -2.09. The molecule has 2 nitrogen and oxygen atoms in total. The van der Waals surface area contributed by atoms with Crippen molar-refractivity contribution < 1.29 is 5.11 Å². The molecule has 0 saturated heterocycles. The van der Waals surface area contributed by atoms with E-state index in [9.17, 15) is 5.11 Å². The van der Waals surface area contributed by atoms with Crippen molar-refractivity contribution >= 4 is 5.69 Å². The van der Waals surface area contributed by atoms with Gasteiger partial charge in [-0.1, -0.05) is 19.9 Å². The number of benzene rings is 1. The first-order valence-corrected chi connectivity index (χ1v) is 4.23. The number of phenols is 1. The standard InChI is InChI=1S/C10H15NO/c1-3-7(2)8-4-5-9(11)10(12)6-8/h4-7,12H,3,11H2,1-2H3/t7-/m0/s1. The van der Waals surface area contributed by atoms with Gasteiger partial charge in [-0.25, -0.2) is 0 Å². The molecule has 0 bridgehead atoms. The predicted octanol–water partition coefficient (Wildman–Crippen LogP) is 2.49. The molecule has 2 heteroatoms. The summed E-state index contributed by atoms with van der Waals surface area (Å²) in [5, 5.41) is 9.32. The van der Waals surface area contributed by atoms with E-state index in [0.717, 1.165) is 12.0 Å². The second-order valence-corrected chi connectivity index (χ2v) is 3.13. The minimum atomic E-state index is 0.188. The van der Waals surface area contributed by atoms with Gasteiger partial charge in [0.05, 0.1) is 5.69 Å². The Balaban J connectivity index is 2.96. The topological polar surface area (TPSA) is 46.2 Å². The number of hydrogen-bond donors (Lipinski definition) is 2. The molecule has 0 fully saturated rings. The molecule has 0 aliphatic heterocycles. The van der Waals surface area contributed by atoms with Crippen LogP contribution in [0.2, 0.25) is 0 Å². The summed E-state index contributed by atoms with van der Waals surface area (Å²) in [5.74, 6) is 0.671. The summed E-state index contributed by atoms with van der Waals surface area (Å²) >= 11 is 0. The summed E-state index contributed by atoms with van der Waals surface area (Å²) in [6.07, 6.45) is 1.07. The van der Waals surface area contributed by atoms with Gasteiger partial charge in [0.25, 0.3) is 0 Å². The van der Waals surface area contributed by atoms with Crippen LogP contribution < -0.4 is 5.73 Å². The van der Waals surface area contributed by atoms with Gasteiger partial charge in [-0.05, 0) is 30.0 Å². The second kappa shape index (κ2) is 3.48. The van der Waals surface area contributed by atoms with Gasteiger partial charge >= 0.3 is 0 Å². The lowest BCUT2D eigenvalue weighted by atomic mass is 9.98. The normalized spacial score (nSPS) is 12.8. The van der Waals surface area contributed by atoms with Crippen LogP contribution in [0.4, 0.5) is 5.69 Å². The number of aromatic hydroxyl groups is 1. The first-order valence-electron chi connectivity index (χ1n) is 4.23. The molecule has 0 spiro atoms. The van der Waals surface area contributed by atoms with Crippen molar-refractivity contribution in [3.63, 3.8) is 0 Å². The van der Waals surface area contributed by atoms with Crippen molar-refractivity contribution in [3.05, 3.63) is 23.8 Å². The van der Waals surface area contributed by atoms with Crippen molar-refractivity contribution in [3.8, 4) is 5.75 Å². The lowest BCUT2D eigenvalue weighted by Crippen LogP contribution is -1.92. The van der Waals surface area contributed by atoms with Crippen LogP contribution in [-0.4, -0.2) is 5.11 Å². The largest absolute Gasteiger partial charge is 0.506 e. The quantitative estimate of drug-likeness (QED) is 0.522. The van der Waals surface area contributed by atoms with E-state index in [1.54, 1.807) is 12.1 Å². The van der Waals surface area contributed by atoms with Gasteiger partial charge in [0.2, 0.25) is 0 Å². The average molecular weight is 165 g/mol. The van der Waals surface area contributed by atoms with Crippen LogP contribution in [0.25, 0.3) is 0 Å². The van der Waals surface area contributed by atoms with Crippen molar-refractivity contribution in [1.29, 1.82) is 0 Å². The Morgan fingerprint density at radius 2 is 2.17 bits per heavy atom. The van der Waals surface area contributed by atoms with E-state index in [0.29, 0.717) is 11.6 Å². The maximum Gasteiger partial charge on any atom is 0.138 e. The van der Waals surface area contributed by atoms with Crippen LogP contribution in [-0.2, 0) is 0 Å². The molecule has 0 radical (unpaired) electrons. The van der Waals surface area contributed by atoms with Gasteiger partial charge in [0.1, 0.15) is 5.75 Å². The van der Waals surface area contributed by atoms with Gasteiger partial charge < -0.3 is 10.8 Å². The highest BCUT2D eigenvalue weighted by molar-refractivity contribution is 5.53. The van der Waals surface area contributed by atoms with Crippen molar-refractivity contribution in [2.75, 3.05) is 5.73 Å². The van der Waals surface area contributed by atoms with Crippen molar-refractivity contribution in [2.45, 2.75) is 26.2 Å². The third-order valence-electron chi connectivity index (χ3n) is 2.24. The molecule has 1 rings (SSSR count). The average Bonchev–Trinajstić information content (AvgIpc) is 2.08. The molecule has 0 aliphatic carbocycles. The number of nitrogens with two attached hydrogens (primary N) is 1. The van der Waals surface area contributed by atoms with Gasteiger partial charge in [-0.15, -0.1) is 0 Å². The molecule has 3 N–H and O–H groups in total. The number of nitrogen functional groups attached to an aromatic ring is 1. The fourth-order valence-electron chi connectivity index (χ4n) is 1.10. The molecular weight excluding hydrogens is 150 g/mol. The second-order valence-electron chi connectivity index (χ2n) is 3.13. The molecule has 1 aromatic carbocycles. The van der Waals surface area contributed by atoms with Gasteiger partial charge in [0.15, 0.2) is 0 Å². The smallest absolute Gasteiger partial charge is 0.138 e. The van der Waals surface area contributed by atoms with Crippen LogP contribution in [0.1, 0.15) is 31.7 Å². The molecule has 12 heavy (non-hydrogen) atoms. The summed E-state index contributed by atoms with van der Waals surface area (Å²) in [7, 11) is 0.